The third kappa shape index (κ3) is 4.15. The van der Waals surface area contributed by atoms with Crippen LogP contribution in [0.4, 0.5) is 11.4 Å². The standard InChI is InChI=1S/C18H26BrN5O.ClH/c1-3-11(4-2)18(25)23-14-9-22-17-15(14)16(13(19)8-21-17)24-7-5-6-12(20)10-24;/h8-9,11-12H,3-7,10,20H2,1-2H3,(H,21,22)(H,23,25);1H. The van der Waals surface area contributed by atoms with Gasteiger partial charge in [-0.05, 0) is 41.6 Å². The molecule has 3 heterocycles. The fraction of sp³-hybridized carbons (Fsp3) is 0.556. The molecule has 1 unspecified atom stereocenters. The summed E-state index contributed by atoms with van der Waals surface area (Å²) in [5.74, 6) is 0.0871. The van der Waals surface area contributed by atoms with E-state index in [2.05, 4.69) is 36.1 Å². The number of nitrogens with two attached hydrogens (primary N) is 1. The second-order valence-corrected chi connectivity index (χ2v) is 7.59. The van der Waals surface area contributed by atoms with Gasteiger partial charge in [0.25, 0.3) is 0 Å². The number of hydrogen-bond acceptors (Lipinski definition) is 4. The number of hydrogen-bond donors (Lipinski definition) is 3. The molecule has 3 rings (SSSR count). The van der Waals surface area contributed by atoms with E-state index < -0.39 is 0 Å². The number of aromatic amines is 1. The van der Waals surface area contributed by atoms with Gasteiger partial charge in [-0.15, -0.1) is 12.4 Å². The molecule has 0 spiro atoms. The van der Waals surface area contributed by atoms with Crippen molar-refractivity contribution in [1.29, 1.82) is 0 Å². The van der Waals surface area contributed by atoms with Crippen LogP contribution in [-0.2, 0) is 4.79 Å². The lowest BCUT2D eigenvalue weighted by Crippen LogP contribution is -2.43. The maximum atomic E-state index is 12.6. The van der Waals surface area contributed by atoms with Gasteiger partial charge in [0.1, 0.15) is 5.65 Å². The number of anilines is 2. The lowest BCUT2D eigenvalue weighted by Gasteiger charge is -2.33. The molecule has 1 aliphatic rings. The highest BCUT2D eigenvalue weighted by molar-refractivity contribution is 9.10. The first-order valence-corrected chi connectivity index (χ1v) is 9.81. The van der Waals surface area contributed by atoms with Crippen LogP contribution >= 0.6 is 28.3 Å². The Bertz CT molecular complexity index is 761. The fourth-order valence-corrected chi connectivity index (χ4v) is 4.12. The molecule has 0 bridgehead atoms. The molecular weight excluding hydrogens is 418 g/mol. The van der Waals surface area contributed by atoms with Gasteiger partial charge in [-0.2, -0.15) is 0 Å². The molecule has 4 N–H and O–H groups in total. The fourth-order valence-electron chi connectivity index (χ4n) is 3.57. The number of halogens is 2. The van der Waals surface area contributed by atoms with Crippen molar-refractivity contribution in [2.75, 3.05) is 23.3 Å². The summed E-state index contributed by atoms with van der Waals surface area (Å²) >= 11 is 3.64. The van der Waals surface area contributed by atoms with Crippen molar-refractivity contribution in [2.24, 2.45) is 11.7 Å². The number of fused-ring (bicyclic) bond motifs is 1. The van der Waals surface area contributed by atoms with E-state index in [1.54, 1.807) is 6.20 Å². The van der Waals surface area contributed by atoms with Crippen LogP contribution in [-0.4, -0.2) is 35.0 Å². The Balaban J connectivity index is 0.00000243. The molecule has 26 heavy (non-hydrogen) atoms. The maximum Gasteiger partial charge on any atom is 0.227 e. The van der Waals surface area contributed by atoms with Crippen molar-refractivity contribution in [3.63, 3.8) is 0 Å². The third-order valence-corrected chi connectivity index (χ3v) is 5.60. The van der Waals surface area contributed by atoms with Crippen LogP contribution in [0, 0.1) is 5.92 Å². The average Bonchev–Trinajstić information content (AvgIpc) is 2.99. The van der Waals surface area contributed by atoms with Crippen LogP contribution in [0.25, 0.3) is 11.0 Å². The number of nitrogens with one attached hydrogen (secondary N) is 2. The number of piperidine rings is 1. The van der Waals surface area contributed by atoms with Gasteiger partial charge in [-0.3, -0.25) is 4.79 Å². The highest BCUT2D eigenvalue weighted by atomic mass is 79.9. The van der Waals surface area contributed by atoms with Crippen LogP contribution in [0.2, 0.25) is 0 Å². The number of rotatable bonds is 5. The highest BCUT2D eigenvalue weighted by Gasteiger charge is 2.24. The minimum Gasteiger partial charge on any atom is -0.368 e. The van der Waals surface area contributed by atoms with Crippen molar-refractivity contribution in [2.45, 2.75) is 45.6 Å². The van der Waals surface area contributed by atoms with Crippen molar-refractivity contribution >= 4 is 56.7 Å². The van der Waals surface area contributed by atoms with Gasteiger partial charge in [0, 0.05) is 37.4 Å². The van der Waals surface area contributed by atoms with E-state index in [0.717, 1.165) is 65.7 Å². The Morgan fingerprint density at radius 1 is 1.50 bits per heavy atom. The summed E-state index contributed by atoms with van der Waals surface area (Å²) in [6.45, 7) is 5.85. The van der Waals surface area contributed by atoms with Gasteiger partial charge < -0.3 is 20.9 Å². The summed E-state index contributed by atoms with van der Waals surface area (Å²) in [6.07, 6.45) is 7.42. The lowest BCUT2D eigenvalue weighted by molar-refractivity contribution is -0.120. The first-order valence-electron chi connectivity index (χ1n) is 9.02. The summed E-state index contributed by atoms with van der Waals surface area (Å²) in [5, 5.41) is 4.04. The zero-order valence-corrected chi connectivity index (χ0v) is 17.6. The first-order chi connectivity index (χ1) is 12.0. The third-order valence-electron chi connectivity index (χ3n) is 5.02. The number of aromatic nitrogens is 2. The van der Waals surface area contributed by atoms with Gasteiger partial charge >= 0.3 is 0 Å². The molecule has 8 heteroatoms. The minimum absolute atomic E-state index is 0. The molecule has 1 amide bonds. The molecule has 6 nitrogen and oxygen atoms in total. The summed E-state index contributed by atoms with van der Waals surface area (Å²) in [4.78, 5) is 22.5. The lowest BCUT2D eigenvalue weighted by atomic mass is 10.0. The molecule has 0 aromatic carbocycles. The molecular formula is C18H27BrClN5O. The molecule has 1 saturated heterocycles. The van der Waals surface area contributed by atoms with Crippen molar-refractivity contribution in [3.05, 3.63) is 16.9 Å². The largest absolute Gasteiger partial charge is 0.368 e. The monoisotopic (exact) mass is 443 g/mol. The molecule has 0 aliphatic carbocycles. The molecule has 144 valence electrons. The van der Waals surface area contributed by atoms with Gasteiger partial charge in [0.05, 0.1) is 21.2 Å². The number of nitrogens with zero attached hydrogens (tertiary/aromatic N) is 2. The molecule has 0 radical (unpaired) electrons. The molecule has 0 saturated carbocycles. The van der Waals surface area contributed by atoms with E-state index >= 15 is 0 Å². The molecule has 1 aliphatic heterocycles. The van der Waals surface area contributed by atoms with E-state index in [9.17, 15) is 4.79 Å². The van der Waals surface area contributed by atoms with E-state index in [1.807, 2.05) is 20.0 Å². The highest BCUT2D eigenvalue weighted by Crippen LogP contribution is 2.39. The Morgan fingerprint density at radius 2 is 2.23 bits per heavy atom. The normalized spacial score (nSPS) is 17.4. The summed E-state index contributed by atoms with van der Waals surface area (Å²) in [7, 11) is 0. The second-order valence-electron chi connectivity index (χ2n) is 6.73. The topological polar surface area (TPSA) is 87.0 Å². The Labute approximate surface area is 168 Å². The number of H-pyrrole nitrogens is 1. The molecule has 1 atom stereocenters. The van der Waals surface area contributed by atoms with Crippen molar-refractivity contribution in [3.8, 4) is 0 Å². The number of pyridine rings is 1. The predicted octanol–water partition coefficient (Wildman–Crippen LogP) is 4.05. The predicted molar refractivity (Wildman–Crippen MR) is 113 cm³/mol. The van der Waals surface area contributed by atoms with Crippen molar-refractivity contribution in [1.82, 2.24) is 9.97 Å². The first kappa shape index (κ1) is 21.0. The Hall–Kier alpha value is -1.31. The van der Waals surface area contributed by atoms with Crippen molar-refractivity contribution < 1.29 is 4.79 Å². The molecule has 2 aromatic heterocycles. The van der Waals surface area contributed by atoms with Crippen LogP contribution in [0.5, 0.6) is 0 Å². The van der Waals surface area contributed by atoms with Crippen LogP contribution in [0.1, 0.15) is 39.5 Å². The summed E-state index contributed by atoms with van der Waals surface area (Å²) in [5.41, 5.74) is 8.80. The Kier molecular flexibility index (Phi) is 7.32. The minimum atomic E-state index is 0. The average molecular weight is 445 g/mol. The van der Waals surface area contributed by atoms with E-state index in [-0.39, 0.29) is 30.3 Å². The quantitative estimate of drug-likeness (QED) is 0.649. The van der Waals surface area contributed by atoms with Gasteiger partial charge in [0.2, 0.25) is 5.91 Å². The Morgan fingerprint density at radius 3 is 2.88 bits per heavy atom. The zero-order valence-electron chi connectivity index (χ0n) is 15.2. The van der Waals surface area contributed by atoms with Gasteiger partial charge in [-0.25, -0.2) is 4.98 Å². The number of carbonyl (C=O) groups is 1. The van der Waals surface area contributed by atoms with Crippen LogP contribution in [0.15, 0.2) is 16.9 Å². The summed E-state index contributed by atoms with van der Waals surface area (Å²) in [6, 6.07) is 0.172. The summed E-state index contributed by atoms with van der Waals surface area (Å²) < 4.78 is 0.923. The molecule has 1 fully saturated rings. The van der Waals surface area contributed by atoms with Gasteiger partial charge in [0.15, 0.2) is 0 Å². The van der Waals surface area contributed by atoms with Crippen LogP contribution < -0.4 is 16.0 Å². The zero-order chi connectivity index (χ0) is 18.0. The van der Waals surface area contributed by atoms with Gasteiger partial charge in [-0.1, -0.05) is 13.8 Å². The number of carbonyl (C=O) groups excluding carboxylic acids is 1. The van der Waals surface area contributed by atoms with E-state index in [4.69, 9.17) is 5.73 Å². The number of amides is 1. The second kappa shape index (κ2) is 9.06. The van der Waals surface area contributed by atoms with E-state index in [0.29, 0.717) is 0 Å². The van der Waals surface area contributed by atoms with E-state index in [1.165, 1.54) is 0 Å². The maximum absolute atomic E-state index is 12.6. The molecule has 2 aromatic rings. The smallest absolute Gasteiger partial charge is 0.227 e. The van der Waals surface area contributed by atoms with Crippen LogP contribution in [0.3, 0.4) is 0 Å². The SMILES string of the molecule is CCC(CC)C(=O)Nc1c[nH]c2ncc(Br)c(N3CCCC(N)C3)c12.Cl.